The van der Waals surface area contributed by atoms with Crippen LogP contribution in [0, 0.1) is 17.0 Å². The van der Waals surface area contributed by atoms with Gasteiger partial charge in [0.05, 0.1) is 4.92 Å². The molecule has 0 aliphatic rings. The number of hydrogen-bond acceptors (Lipinski definition) is 3. The average molecular weight is 276 g/mol. The van der Waals surface area contributed by atoms with E-state index in [4.69, 9.17) is 0 Å². The van der Waals surface area contributed by atoms with Gasteiger partial charge in [-0.25, -0.2) is 0 Å². The molecule has 1 aromatic carbocycles. The predicted molar refractivity (Wildman–Crippen MR) is 64.8 cm³/mol. The molecular formula is C12H15F3N2O2. The summed E-state index contributed by atoms with van der Waals surface area (Å²) in [6.07, 6.45) is -4.96. The van der Waals surface area contributed by atoms with Crippen molar-refractivity contribution in [1.29, 1.82) is 0 Å². The lowest BCUT2D eigenvalue weighted by Gasteiger charge is -2.09. The van der Waals surface area contributed by atoms with Gasteiger partial charge in [-0.2, -0.15) is 13.2 Å². The van der Waals surface area contributed by atoms with Crippen molar-refractivity contribution in [3.63, 3.8) is 0 Å². The summed E-state index contributed by atoms with van der Waals surface area (Å²) in [5, 5.41) is 13.6. The molecule has 0 unspecified atom stereocenters. The summed E-state index contributed by atoms with van der Waals surface area (Å²) in [5.41, 5.74) is 1.28. The van der Waals surface area contributed by atoms with Gasteiger partial charge in [0, 0.05) is 24.6 Å². The molecule has 19 heavy (non-hydrogen) atoms. The molecule has 0 radical (unpaired) electrons. The number of halogens is 3. The van der Waals surface area contributed by atoms with Crippen molar-refractivity contribution in [3.05, 3.63) is 39.4 Å². The third-order valence-electron chi connectivity index (χ3n) is 2.74. The van der Waals surface area contributed by atoms with Gasteiger partial charge in [-0.1, -0.05) is 12.1 Å². The second-order valence-corrected chi connectivity index (χ2v) is 4.21. The zero-order chi connectivity index (χ0) is 14.5. The van der Waals surface area contributed by atoms with Crippen LogP contribution in [0.2, 0.25) is 0 Å². The number of hydrogen-bond donors (Lipinski definition) is 1. The molecule has 0 saturated heterocycles. The van der Waals surface area contributed by atoms with E-state index in [2.05, 4.69) is 5.32 Å². The maximum absolute atomic E-state index is 11.9. The van der Waals surface area contributed by atoms with Crippen LogP contribution < -0.4 is 5.32 Å². The lowest BCUT2D eigenvalue weighted by Crippen LogP contribution is -2.18. The molecule has 0 atom stereocenters. The van der Waals surface area contributed by atoms with Crippen LogP contribution >= 0.6 is 0 Å². The number of nitrogens with one attached hydrogen (secondary N) is 1. The highest BCUT2D eigenvalue weighted by Crippen LogP contribution is 2.22. The average Bonchev–Trinajstić information content (AvgIpc) is 2.28. The molecule has 1 N–H and O–H groups in total. The Balaban J connectivity index is 2.46. The fraction of sp³-hybridized carbons (Fsp3) is 0.500. The van der Waals surface area contributed by atoms with E-state index in [1.54, 1.807) is 19.1 Å². The Labute approximate surface area is 108 Å². The number of rotatable bonds is 6. The Morgan fingerprint density at radius 2 is 2.05 bits per heavy atom. The SMILES string of the molecule is Cc1c(CNCCCC(F)(F)F)cccc1[N+](=O)[O-]. The number of nitrogens with zero attached hydrogens (tertiary/aromatic N) is 1. The van der Waals surface area contributed by atoms with E-state index in [1.807, 2.05) is 0 Å². The van der Waals surface area contributed by atoms with E-state index in [-0.39, 0.29) is 18.7 Å². The first-order valence-corrected chi connectivity index (χ1v) is 5.81. The first-order chi connectivity index (χ1) is 8.81. The summed E-state index contributed by atoms with van der Waals surface area (Å²) < 4.78 is 35.7. The third-order valence-corrected chi connectivity index (χ3v) is 2.74. The Kier molecular flexibility index (Phi) is 5.29. The predicted octanol–water partition coefficient (Wildman–Crippen LogP) is 3.34. The summed E-state index contributed by atoms with van der Waals surface area (Å²) in [7, 11) is 0. The van der Waals surface area contributed by atoms with E-state index in [0.29, 0.717) is 12.1 Å². The molecule has 0 bridgehead atoms. The van der Waals surface area contributed by atoms with Crippen molar-refractivity contribution < 1.29 is 18.1 Å². The van der Waals surface area contributed by atoms with Crippen molar-refractivity contribution in [3.8, 4) is 0 Å². The van der Waals surface area contributed by atoms with Crippen molar-refractivity contribution in [1.82, 2.24) is 5.32 Å². The van der Waals surface area contributed by atoms with Gasteiger partial charge in [0.2, 0.25) is 0 Å². The zero-order valence-corrected chi connectivity index (χ0v) is 10.5. The monoisotopic (exact) mass is 276 g/mol. The first kappa shape index (κ1) is 15.4. The normalized spacial score (nSPS) is 11.6. The third kappa shape index (κ3) is 5.25. The second kappa shape index (κ2) is 6.51. The van der Waals surface area contributed by atoms with Crippen molar-refractivity contribution in [2.24, 2.45) is 0 Å². The summed E-state index contributed by atoms with van der Waals surface area (Å²) in [6, 6.07) is 4.69. The Morgan fingerprint density at radius 1 is 1.37 bits per heavy atom. The van der Waals surface area contributed by atoms with Crippen molar-refractivity contribution in [2.75, 3.05) is 6.54 Å². The van der Waals surface area contributed by atoms with Crippen LogP contribution in [-0.2, 0) is 6.54 Å². The van der Waals surface area contributed by atoms with Crippen LogP contribution in [0.4, 0.5) is 18.9 Å². The summed E-state index contributed by atoms with van der Waals surface area (Å²) in [6.45, 7) is 2.18. The fourth-order valence-electron chi connectivity index (χ4n) is 1.70. The van der Waals surface area contributed by atoms with Crippen LogP contribution in [0.15, 0.2) is 18.2 Å². The molecule has 0 amide bonds. The van der Waals surface area contributed by atoms with Crippen LogP contribution in [0.25, 0.3) is 0 Å². The van der Waals surface area contributed by atoms with Gasteiger partial charge >= 0.3 is 6.18 Å². The molecule has 7 heteroatoms. The summed E-state index contributed by atoms with van der Waals surface area (Å²) in [5.74, 6) is 0. The Hall–Kier alpha value is -1.63. The molecule has 0 aromatic heterocycles. The molecule has 106 valence electrons. The van der Waals surface area contributed by atoms with Crippen LogP contribution in [0.5, 0.6) is 0 Å². The lowest BCUT2D eigenvalue weighted by atomic mass is 10.1. The lowest BCUT2D eigenvalue weighted by molar-refractivity contribution is -0.385. The van der Waals surface area contributed by atoms with Crippen LogP contribution in [0.3, 0.4) is 0 Å². The van der Waals surface area contributed by atoms with Crippen molar-refractivity contribution in [2.45, 2.75) is 32.5 Å². The largest absolute Gasteiger partial charge is 0.389 e. The van der Waals surface area contributed by atoms with E-state index in [9.17, 15) is 23.3 Å². The van der Waals surface area contributed by atoms with Gasteiger partial charge in [0.15, 0.2) is 0 Å². The molecule has 4 nitrogen and oxygen atoms in total. The topological polar surface area (TPSA) is 55.2 Å². The molecule has 0 spiro atoms. The number of nitro groups is 1. The Morgan fingerprint density at radius 3 is 2.63 bits per heavy atom. The van der Waals surface area contributed by atoms with Gasteiger partial charge in [-0.3, -0.25) is 10.1 Å². The maximum Gasteiger partial charge on any atom is 0.389 e. The van der Waals surface area contributed by atoms with E-state index < -0.39 is 17.5 Å². The molecular weight excluding hydrogens is 261 g/mol. The summed E-state index contributed by atoms with van der Waals surface area (Å²) >= 11 is 0. The molecule has 1 aromatic rings. The fourth-order valence-corrected chi connectivity index (χ4v) is 1.70. The summed E-state index contributed by atoms with van der Waals surface area (Å²) in [4.78, 5) is 10.3. The highest BCUT2D eigenvalue weighted by Gasteiger charge is 2.25. The highest BCUT2D eigenvalue weighted by atomic mass is 19.4. The van der Waals surface area contributed by atoms with E-state index in [1.165, 1.54) is 6.07 Å². The van der Waals surface area contributed by atoms with E-state index in [0.717, 1.165) is 5.56 Å². The van der Waals surface area contributed by atoms with Gasteiger partial charge in [0.25, 0.3) is 5.69 Å². The molecule has 0 heterocycles. The van der Waals surface area contributed by atoms with Crippen LogP contribution in [0.1, 0.15) is 24.0 Å². The van der Waals surface area contributed by atoms with Gasteiger partial charge < -0.3 is 5.32 Å². The van der Waals surface area contributed by atoms with Gasteiger partial charge in [-0.15, -0.1) is 0 Å². The Bertz CT molecular complexity index is 447. The minimum Gasteiger partial charge on any atom is -0.313 e. The first-order valence-electron chi connectivity index (χ1n) is 5.81. The second-order valence-electron chi connectivity index (χ2n) is 4.21. The molecule has 0 fully saturated rings. The number of benzene rings is 1. The maximum atomic E-state index is 11.9. The number of alkyl halides is 3. The molecule has 0 aliphatic heterocycles. The minimum absolute atomic E-state index is 0.00251. The van der Waals surface area contributed by atoms with Gasteiger partial charge in [0.1, 0.15) is 0 Å². The smallest absolute Gasteiger partial charge is 0.313 e. The standard InChI is InChI=1S/C12H15F3N2O2/c1-9-10(4-2-5-11(9)17(18)19)8-16-7-3-6-12(13,14)15/h2,4-5,16H,3,6-8H2,1H3. The molecule has 1 rings (SSSR count). The number of nitro benzene ring substituents is 1. The molecule has 0 aliphatic carbocycles. The van der Waals surface area contributed by atoms with Gasteiger partial charge in [-0.05, 0) is 25.5 Å². The van der Waals surface area contributed by atoms with Crippen molar-refractivity contribution >= 4 is 5.69 Å². The highest BCUT2D eigenvalue weighted by molar-refractivity contribution is 5.44. The van der Waals surface area contributed by atoms with E-state index >= 15 is 0 Å². The minimum atomic E-state index is -4.14. The van der Waals surface area contributed by atoms with Crippen LogP contribution in [-0.4, -0.2) is 17.6 Å². The molecule has 0 saturated carbocycles. The quantitative estimate of drug-likeness (QED) is 0.492. The zero-order valence-electron chi connectivity index (χ0n) is 10.5.